The van der Waals surface area contributed by atoms with Gasteiger partial charge >= 0.3 is 0 Å². The van der Waals surface area contributed by atoms with Crippen LogP contribution in [0.2, 0.25) is 0 Å². The lowest BCUT2D eigenvalue weighted by atomic mass is 10.0. The summed E-state index contributed by atoms with van der Waals surface area (Å²) in [6.45, 7) is 5.73. The topological polar surface area (TPSA) is 45.6 Å². The molecule has 132 valence electrons. The van der Waals surface area contributed by atoms with E-state index in [0.29, 0.717) is 17.8 Å². The van der Waals surface area contributed by atoms with Crippen LogP contribution >= 0.6 is 0 Å². The van der Waals surface area contributed by atoms with Crippen molar-refractivity contribution in [3.63, 3.8) is 0 Å². The van der Waals surface area contributed by atoms with Crippen molar-refractivity contribution in [2.45, 2.75) is 31.8 Å². The van der Waals surface area contributed by atoms with E-state index in [0.717, 1.165) is 37.0 Å². The quantitative estimate of drug-likeness (QED) is 0.903. The number of aromatic hydroxyl groups is 1. The standard InChI is InChI=1S/C21H26N2O2/c1-15(16-2-4-19(24)5-3-16)12-23-13-17-10-21(11-18(17)14-23)25-20-6-8-22-9-7-20/h2-9,15,17-18,21,24H,10-14H2,1H3/t15?,17-,18+,21?. The van der Waals surface area contributed by atoms with Gasteiger partial charge < -0.3 is 14.7 Å². The Morgan fingerprint density at radius 1 is 1.08 bits per heavy atom. The molecule has 1 saturated heterocycles. The lowest BCUT2D eigenvalue weighted by Gasteiger charge is -2.23. The molecular formula is C21H26N2O2. The molecule has 4 nitrogen and oxygen atoms in total. The summed E-state index contributed by atoms with van der Waals surface area (Å²) in [4.78, 5) is 6.65. The molecule has 0 radical (unpaired) electrons. The Morgan fingerprint density at radius 2 is 1.72 bits per heavy atom. The zero-order valence-electron chi connectivity index (χ0n) is 14.7. The average Bonchev–Trinajstić information content (AvgIpc) is 3.14. The van der Waals surface area contributed by atoms with Crippen LogP contribution in [-0.2, 0) is 0 Å². The Morgan fingerprint density at radius 3 is 2.36 bits per heavy atom. The maximum absolute atomic E-state index is 9.44. The molecule has 0 spiro atoms. The molecule has 1 aliphatic heterocycles. The SMILES string of the molecule is CC(CN1C[C@H]2CC(Oc3ccncc3)C[C@H]2C1)c1ccc(O)cc1. The summed E-state index contributed by atoms with van der Waals surface area (Å²) in [5, 5.41) is 9.44. The molecule has 2 fully saturated rings. The molecule has 0 amide bonds. The molecule has 4 heteroatoms. The predicted molar refractivity (Wildman–Crippen MR) is 97.8 cm³/mol. The minimum Gasteiger partial charge on any atom is -0.508 e. The van der Waals surface area contributed by atoms with E-state index in [1.54, 1.807) is 24.5 Å². The van der Waals surface area contributed by atoms with Gasteiger partial charge in [0.15, 0.2) is 0 Å². The lowest BCUT2D eigenvalue weighted by molar-refractivity contribution is 0.184. The first-order valence-electron chi connectivity index (χ1n) is 9.25. The van der Waals surface area contributed by atoms with Crippen molar-refractivity contribution < 1.29 is 9.84 Å². The van der Waals surface area contributed by atoms with E-state index in [1.807, 2.05) is 24.3 Å². The first kappa shape index (κ1) is 16.4. The van der Waals surface area contributed by atoms with Crippen molar-refractivity contribution >= 4 is 0 Å². The number of phenols is 1. The van der Waals surface area contributed by atoms with E-state index in [9.17, 15) is 5.11 Å². The second kappa shape index (κ2) is 7.04. The molecule has 1 saturated carbocycles. The number of aromatic nitrogens is 1. The summed E-state index contributed by atoms with van der Waals surface area (Å²) in [7, 11) is 0. The van der Waals surface area contributed by atoms with E-state index in [-0.39, 0.29) is 0 Å². The van der Waals surface area contributed by atoms with Gasteiger partial charge in [0, 0.05) is 32.0 Å². The van der Waals surface area contributed by atoms with Crippen molar-refractivity contribution in [2.24, 2.45) is 11.8 Å². The molecule has 4 atom stereocenters. The van der Waals surface area contributed by atoms with Gasteiger partial charge in [-0.05, 0) is 60.4 Å². The molecule has 0 bridgehead atoms. The molecule has 2 aromatic rings. The molecule has 4 rings (SSSR count). The molecule has 2 heterocycles. The van der Waals surface area contributed by atoms with Gasteiger partial charge in [-0.2, -0.15) is 0 Å². The Kier molecular flexibility index (Phi) is 4.62. The van der Waals surface area contributed by atoms with Crippen LogP contribution in [0, 0.1) is 11.8 Å². The molecule has 1 N–H and O–H groups in total. The number of hydrogen-bond donors (Lipinski definition) is 1. The molecule has 2 aliphatic rings. The van der Waals surface area contributed by atoms with Gasteiger partial charge in [-0.1, -0.05) is 19.1 Å². The van der Waals surface area contributed by atoms with Crippen molar-refractivity contribution in [3.05, 3.63) is 54.4 Å². The maximum Gasteiger partial charge on any atom is 0.122 e. The smallest absolute Gasteiger partial charge is 0.122 e. The highest BCUT2D eigenvalue weighted by Crippen LogP contribution is 2.40. The number of likely N-dealkylation sites (tertiary alicyclic amines) is 1. The van der Waals surface area contributed by atoms with Gasteiger partial charge in [-0.3, -0.25) is 4.98 Å². The fourth-order valence-corrected chi connectivity index (χ4v) is 4.49. The summed E-state index contributed by atoms with van der Waals surface area (Å²) < 4.78 is 6.13. The van der Waals surface area contributed by atoms with E-state index in [4.69, 9.17) is 4.74 Å². The first-order valence-corrected chi connectivity index (χ1v) is 9.25. The molecular weight excluding hydrogens is 312 g/mol. The summed E-state index contributed by atoms with van der Waals surface area (Å²) >= 11 is 0. The summed E-state index contributed by atoms with van der Waals surface area (Å²) in [5.41, 5.74) is 1.30. The minimum absolute atomic E-state index is 0.340. The summed E-state index contributed by atoms with van der Waals surface area (Å²) in [6.07, 6.45) is 6.26. The van der Waals surface area contributed by atoms with Crippen LogP contribution in [0.4, 0.5) is 0 Å². The summed E-state index contributed by atoms with van der Waals surface area (Å²) in [6, 6.07) is 11.5. The molecule has 25 heavy (non-hydrogen) atoms. The number of benzene rings is 1. The monoisotopic (exact) mass is 338 g/mol. The molecule has 1 aromatic heterocycles. The Bertz CT molecular complexity index is 675. The van der Waals surface area contributed by atoms with Crippen molar-refractivity contribution in [3.8, 4) is 11.5 Å². The van der Waals surface area contributed by atoms with E-state index in [1.165, 1.54) is 18.7 Å². The lowest BCUT2D eigenvalue weighted by Crippen LogP contribution is -2.28. The van der Waals surface area contributed by atoms with Gasteiger partial charge in [0.25, 0.3) is 0 Å². The summed E-state index contributed by atoms with van der Waals surface area (Å²) in [5.74, 6) is 3.30. The Balaban J connectivity index is 1.28. The second-order valence-electron chi connectivity index (χ2n) is 7.63. The Hall–Kier alpha value is -2.07. The zero-order chi connectivity index (χ0) is 17.2. The third-order valence-electron chi connectivity index (χ3n) is 5.73. The maximum atomic E-state index is 9.44. The minimum atomic E-state index is 0.340. The third-order valence-corrected chi connectivity index (χ3v) is 5.73. The fourth-order valence-electron chi connectivity index (χ4n) is 4.49. The fraction of sp³-hybridized carbons (Fsp3) is 0.476. The largest absolute Gasteiger partial charge is 0.508 e. The van der Waals surface area contributed by atoms with Gasteiger partial charge in [-0.25, -0.2) is 0 Å². The first-order chi connectivity index (χ1) is 12.2. The van der Waals surface area contributed by atoms with Gasteiger partial charge in [0.1, 0.15) is 11.5 Å². The Labute approximate surface area is 149 Å². The second-order valence-corrected chi connectivity index (χ2v) is 7.63. The molecule has 2 unspecified atom stereocenters. The van der Waals surface area contributed by atoms with Gasteiger partial charge in [-0.15, -0.1) is 0 Å². The van der Waals surface area contributed by atoms with Gasteiger partial charge in [0.2, 0.25) is 0 Å². The number of hydrogen-bond acceptors (Lipinski definition) is 4. The van der Waals surface area contributed by atoms with E-state index < -0.39 is 0 Å². The zero-order valence-corrected chi connectivity index (χ0v) is 14.7. The van der Waals surface area contributed by atoms with Crippen molar-refractivity contribution in [1.29, 1.82) is 0 Å². The molecule has 1 aromatic carbocycles. The number of pyridine rings is 1. The average molecular weight is 338 g/mol. The van der Waals surface area contributed by atoms with Crippen molar-refractivity contribution in [2.75, 3.05) is 19.6 Å². The van der Waals surface area contributed by atoms with E-state index >= 15 is 0 Å². The van der Waals surface area contributed by atoms with Crippen LogP contribution < -0.4 is 4.74 Å². The van der Waals surface area contributed by atoms with Gasteiger partial charge in [0.05, 0.1) is 6.10 Å². The van der Waals surface area contributed by atoms with Crippen LogP contribution in [0.3, 0.4) is 0 Å². The number of rotatable bonds is 5. The van der Waals surface area contributed by atoms with Crippen LogP contribution in [0.15, 0.2) is 48.8 Å². The van der Waals surface area contributed by atoms with Crippen molar-refractivity contribution in [1.82, 2.24) is 9.88 Å². The highest BCUT2D eigenvalue weighted by Gasteiger charge is 2.41. The van der Waals surface area contributed by atoms with Crippen LogP contribution in [0.25, 0.3) is 0 Å². The van der Waals surface area contributed by atoms with Crippen LogP contribution in [-0.4, -0.2) is 40.7 Å². The van der Waals surface area contributed by atoms with Crippen LogP contribution in [0.1, 0.15) is 31.2 Å². The predicted octanol–water partition coefficient (Wildman–Crippen LogP) is 3.68. The number of phenolic OH excluding ortho intramolecular Hbond substituents is 1. The van der Waals surface area contributed by atoms with Crippen LogP contribution in [0.5, 0.6) is 11.5 Å². The van der Waals surface area contributed by atoms with E-state index in [2.05, 4.69) is 16.8 Å². The highest BCUT2D eigenvalue weighted by molar-refractivity contribution is 5.28. The molecule has 1 aliphatic carbocycles. The number of fused-ring (bicyclic) bond motifs is 1. The highest BCUT2D eigenvalue weighted by atomic mass is 16.5. The number of ether oxygens (including phenoxy) is 1. The third kappa shape index (κ3) is 3.79. The number of nitrogens with zero attached hydrogens (tertiary/aromatic N) is 2. The normalized spacial score (nSPS) is 27.2.